The monoisotopic (exact) mass is 1150 g/mol. The Morgan fingerprint density at radius 2 is 0.470 bits per heavy atom. The number of unbranched alkanes of at least 4 members (excludes halogenated alkanes) is 26. The molecular formula is C77H126O6. The molecule has 0 saturated carbocycles. The van der Waals surface area contributed by atoms with Crippen LogP contribution in [0.1, 0.15) is 303 Å². The number of esters is 3. The van der Waals surface area contributed by atoms with E-state index in [1.54, 1.807) is 0 Å². The molecule has 6 heteroatoms. The van der Waals surface area contributed by atoms with E-state index < -0.39 is 6.10 Å². The molecule has 0 aliphatic carbocycles. The summed E-state index contributed by atoms with van der Waals surface area (Å²) in [5.74, 6) is -0.912. The van der Waals surface area contributed by atoms with Crippen molar-refractivity contribution in [2.75, 3.05) is 13.2 Å². The highest BCUT2D eigenvalue weighted by Gasteiger charge is 2.19. The van der Waals surface area contributed by atoms with Crippen LogP contribution in [0.5, 0.6) is 0 Å². The van der Waals surface area contributed by atoms with Crippen molar-refractivity contribution in [2.45, 2.75) is 309 Å². The highest BCUT2D eigenvalue weighted by Crippen LogP contribution is 2.16. The SMILES string of the molecule is CC/C=C\C/C=C\C/C=C\C/C=C\C/C=C\C/C=C\C/C=C\CCCCCCCCCC(=O)OCC(COC(=O)CCCCCCCCC/C=C\C/C=C\C/C=C\CC)OC(=O)CCCCCCCCCCC/C=C\C/C=C\CCCCC. The van der Waals surface area contributed by atoms with E-state index in [4.69, 9.17) is 14.2 Å². The number of hydrogen-bond donors (Lipinski definition) is 0. The van der Waals surface area contributed by atoms with Crippen LogP contribution in [0.15, 0.2) is 146 Å². The highest BCUT2D eigenvalue weighted by atomic mass is 16.6. The predicted octanol–water partition coefficient (Wildman–Crippen LogP) is 23.9. The molecule has 0 amide bonds. The Morgan fingerprint density at radius 1 is 0.253 bits per heavy atom. The first-order valence-electron chi connectivity index (χ1n) is 34.3. The Bertz CT molecular complexity index is 1800. The summed E-state index contributed by atoms with van der Waals surface area (Å²) in [7, 11) is 0. The zero-order valence-electron chi connectivity index (χ0n) is 53.9. The van der Waals surface area contributed by atoms with Crippen LogP contribution in [-0.2, 0) is 28.6 Å². The minimum atomic E-state index is -0.797. The summed E-state index contributed by atoms with van der Waals surface area (Å²) in [4.78, 5) is 38.5. The Balaban J connectivity index is 4.41. The standard InChI is InChI=1S/C77H126O6/c1-4-7-10-13-16-19-22-25-28-31-33-34-35-36-37-38-39-40-41-42-44-46-49-52-55-58-61-64-67-70-76(79)82-73-74(72-81-75(78)69-66-63-60-57-54-51-48-45-30-27-24-21-18-15-12-9-6-3)83-77(80)71-68-65-62-59-56-53-50-47-43-32-29-26-23-20-17-14-11-8-5-2/h7,9-10,12,16-21,25-30,33-34,36-37,39-40,42,44,74H,4-6,8,11,13-15,22-24,31-32,35,38,41,43,45-73H2,1-3H3/b10-7-,12-9-,19-16-,20-17-,21-18-,28-25-,29-26-,30-27-,34-33-,37-36-,40-39-,44-42-. The second-order valence-corrected chi connectivity index (χ2v) is 22.3. The molecule has 0 aliphatic rings. The minimum Gasteiger partial charge on any atom is -0.462 e. The zero-order chi connectivity index (χ0) is 59.9. The van der Waals surface area contributed by atoms with Crippen LogP contribution >= 0.6 is 0 Å². The molecule has 0 N–H and O–H groups in total. The molecule has 0 bridgehead atoms. The van der Waals surface area contributed by atoms with Crippen molar-refractivity contribution < 1.29 is 28.6 Å². The summed E-state index contributed by atoms with van der Waals surface area (Å²) in [5, 5.41) is 0. The number of carbonyl (C=O) groups excluding carboxylic acids is 3. The van der Waals surface area contributed by atoms with E-state index in [1.165, 1.54) is 122 Å². The fourth-order valence-corrected chi connectivity index (χ4v) is 9.23. The van der Waals surface area contributed by atoms with E-state index in [-0.39, 0.29) is 31.1 Å². The average Bonchev–Trinajstić information content (AvgIpc) is 3.49. The van der Waals surface area contributed by atoms with Gasteiger partial charge in [0.15, 0.2) is 6.10 Å². The van der Waals surface area contributed by atoms with Crippen molar-refractivity contribution in [3.63, 3.8) is 0 Å². The first-order valence-corrected chi connectivity index (χ1v) is 34.3. The molecule has 0 aromatic rings. The second-order valence-electron chi connectivity index (χ2n) is 22.3. The third kappa shape index (κ3) is 68.0. The van der Waals surface area contributed by atoms with Gasteiger partial charge in [0.2, 0.25) is 0 Å². The van der Waals surface area contributed by atoms with Crippen molar-refractivity contribution in [2.24, 2.45) is 0 Å². The predicted molar refractivity (Wildman–Crippen MR) is 362 cm³/mol. The molecule has 0 aliphatic heterocycles. The highest BCUT2D eigenvalue weighted by molar-refractivity contribution is 5.71. The lowest BCUT2D eigenvalue weighted by Crippen LogP contribution is -2.30. The third-order valence-corrected chi connectivity index (χ3v) is 14.3. The van der Waals surface area contributed by atoms with Crippen molar-refractivity contribution in [1.29, 1.82) is 0 Å². The Kier molecular flexibility index (Phi) is 65.8. The molecule has 0 aromatic carbocycles. The van der Waals surface area contributed by atoms with Gasteiger partial charge in [0.1, 0.15) is 13.2 Å². The van der Waals surface area contributed by atoms with Gasteiger partial charge in [0, 0.05) is 19.3 Å². The molecule has 1 unspecified atom stereocenters. The maximum Gasteiger partial charge on any atom is 0.306 e. The van der Waals surface area contributed by atoms with Crippen molar-refractivity contribution in [1.82, 2.24) is 0 Å². The van der Waals surface area contributed by atoms with Crippen molar-refractivity contribution in [3.8, 4) is 0 Å². The van der Waals surface area contributed by atoms with E-state index in [1.807, 2.05) is 0 Å². The summed E-state index contributed by atoms with van der Waals surface area (Å²) in [5.41, 5.74) is 0. The Labute approximate surface area is 512 Å². The molecule has 0 rings (SSSR count). The van der Waals surface area contributed by atoms with E-state index in [0.717, 1.165) is 141 Å². The summed E-state index contributed by atoms with van der Waals surface area (Å²) in [6, 6.07) is 0. The van der Waals surface area contributed by atoms with Gasteiger partial charge in [0.05, 0.1) is 0 Å². The first kappa shape index (κ1) is 78.3. The topological polar surface area (TPSA) is 78.9 Å². The van der Waals surface area contributed by atoms with Gasteiger partial charge >= 0.3 is 17.9 Å². The van der Waals surface area contributed by atoms with Gasteiger partial charge in [-0.25, -0.2) is 0 Å². The smallest absolute Gasteiger partial charge is 0.306 e. The lowest BCUT2D eigenvalue weighted by Gasteiger charge is -2.18. The van der Waals surface area contributed by atoms with Gasteiger partial charge in [-0.3, -0.25) is 14.4 Å². The largest absolute Gasteiger partial charge is 0.462 e. The fourth-order valence-electron chi connectivity index (χ4n) is 9.23. The number of rotatable bonds is 61. The third-order valence-electron chi connectivity index (χ3n) is 14.3. The van der Waals surface area contributed by atoms with Gasteiger partial charge in [-0.2, -0.15) is 0 Å². The van der Waals surface area contributed by atoms with Crippen LogP contribution in [0.3, 0.4) is 0 Å². The van der Waals surface area contributed by atoms with Crippen molar-refractivity contribution >= 4 is 17.9 Å². The van der Waals surface area contributed by atoms with E-state index in [0.29, 0.717) is 19.3 Å². The number of ether oxygens (including phenoxy) is 3. The number of allylic oxidation sites excluding steroid dienone is 24. The van der Waals surface area contributed by atoms with Crippen molar-refractivity contribution in [3.05, 3.63) is 146 Å². The maximum atomic E-state index is 13.0. The van der Waals surface area contributed by atoms with Crippen LogP contribution in [0.25, 0.3) is 0 Å². The lowest BCUT2D eigenvalue weighted by atomic mass is 10.1. The summed E-state index contributed by atoms with van der Waals surface area (Å²) >= 11 is 0. The summed E-state index contributed by atoms with van der Waals surface area (Å²) in [6.07, 6.45) is 99.9. The van der Waals surface area contributed by atoms with E-state index >= 15 is 0 Å². The zero-order valence-corrected chi connectivity index (χ0v) is 53.9. The normalized spacial score (nSPS) is 13.0. The molecule has 0 spiro atoms. The molecule has 470 valence electrons. The Morgan fingerprint density at radius 3 is 0.735 bits per heavy atom. The summed E-state index contributed by atoms with van der Waals surface area (Å²) < 4.78 is 17.0. The van der Waals surface area contributed by atoms with E-state index in [2.05, 4.69) is 167 Å². The molecule has 1 atom stereocenters. The average molecular weight is 1150 g/mol. The molecule has 83 heavy (non-hydrogen) atoms. The molecule has 0 fully saturated rings. The van der Waals surface area contributed by atoms with Gasteiger partial charge in [-0.1, -0.05) is 289 Å². The van der Waals surface area contributed by atoms with Crippen LogP contribution in [0, 0.1) is 0 Å². The maximum absolute atomic E-state index is 13.0. The minimum absolute atomic E-state index is 0.0923. The van der Waals surface area contributed by atoms with Crippen LogP contribution in [0.4, 0.5) is 0 Å². The second kappa shape index (κ2) is 69.8. The van der Waals surface area contributed by atoms with Crippen LogP contribution < -0.4 is 0 Å². The Hall–Kier alpha value is -4.71. The molecule has 0 heterocycles. The fraction of sp³-hybridized carbons (Fsp3) is 0.649. The van der Waals surface area contributed by atoms with Gasteiger partial charge < -0.3 is 14.2 Å². The number of carbonyl (C=O) groups is 3. The molecule has 0 radical (unpaired) electrons. The quantitative estimate of drug-likeness (QED) is 0.0261. The van der Waals surface area contributed by atoms with Gasteiger partial charge in [-0.05, 0) is 141 Å². The first-order chi connectivity index (χ1) is 41.0. The van der Waals surface area contributed by atoms with Crippen LogP contribution in [-0.4, -0.2) is 37.2 Å². The number of hydrogen-bond acceptors (Lipinski definition) is 6. The van der Waals surface area contributed by atoms with Gasteiger partial charge in [0.25, 0.3) is 0 Å². The molecular weight excluding hydrogens is 1020 g/mol. The molecule has 0 saturated heterocycles. The van der Waals surface area contributed by atoms with E-state index in [9.17, 15) is 14.4 Å². The lowest BCUT2D eigenvalue weighted by molar-refractivity contribution is -0.167. The van der Waals surface area contributed by atoms with Gasteiger partial charge in [-0.15, -0.1) is 0 Å². The summed E-state index contributed by atoms with van der Waals surface area (Å²) in [6.45, 7) is 6.39. The molecule has 0 aromatic heterocycles. The molecule has 6 nitrogen and oxygen atoms in total. The van der Waals surface area contributed by atoms with Crippen LogP contribution in [0.2, 0.25) is 0 Å².